The Hall–Kier alpha value is -4.99. The van der Waals surface area contributed by atoms with Gasteiger partial charge in [-0.1, -0.05) is 24.3 Å². The number of nitrogens with zero attached hydrogens (tertiary/aromatic N) is 2. The third-order valence-electron chi connectivity index (χ3n) is 7.53. The van der Waals surface area contributed by atoms with Crippen molar-refractivity contribution in [3.05, 3.63) is 89.1 Å². The first-order valence-corrected chi connectivity index (χ1v) is 13.9. The van der Waals surface area contributed by atoms with Gasteiger partial charge in [-0.2, -0.15) is 5.10 Å². The van der Waals surface area contributed by atoms with Crippen molar-refractivity contribution >= 4 is 11.8 Å². The third kappa shape index (κ3) is 5.47. The molecule has 1 unspecified atom stereocenters. The molecule has 2 N–H and O–H groups in total. The molecule has 0 saturated carbocycles. The Labute approximate surface area is 243 Å². The fraction of sp³-hybridized carbons (Fsp3) is 0.281. The Bertz CT molecular complexity index is 1620. The molecule has 3 aliphatic heterocycles. The highest BCUT2D eigenvalue weighted by Crippen LogP contribution is 2.42. The van der Waals surface area contributed by atoms with Gasteiger partial charge in [-0.25, -0.2) is 0 Å². The first-order chi connectivity index (χ1) is 20.5. The van der Waals surface area contributed by atoms with Gasteiger partial charge in [0.15, 0.2) is 18.1 Å². The van der Waals surface area contributed by atoms with Gasteiger partial charge >= 0.3 is 0 Å². The molecule has 10 nitrogen and oxygen atoms in total. The first kappa shape index (κ1) is 27.2. The van der Waals surface area contributed by atoms with E-state index in [4.69, 9.17) is 18.9 Å². The molecule has 10 heteroatoms. The summed E-state index contributed by atoms with van der Waals surface area (Å²) >= 11 is 0. The zero-order valence-corrected chi connectivity index (χ0v) is 23.5. The van der Waals surface area contributed by atoms with Crippen LogP contribution in [0.1, 0.15) is 39.6 Å². The van der Waals surface area contributed by atoms with Crippen molar-refractivity contribution in [3.63, 3.8) is 0 Å². The standard InChI is InChI=1S/C32H32N4O6/c1-39-23-8-3-6-21(14-23)26-18-27(35-34-26)32(38)36-12-10-20-16-29-28(40-2)17-25(20)31(36)22-7-4-9-24(15-22)41-13-5-11-33-30(37)19-42-29/h3-4,6-9,14-18,31H,5,10-13,19H2,1-2H3,(H,33,37)(H,34,35). The molecule has 4 aromatic rings. The maximum absolute atomic E-state index is 14.1. The lowest BCUT2D eigenvalue weighted by molar-refractivity contribution is -0.123. The Morgan fingerprint density at radius 2 is 1.90 bits per heavy atom. The van der Waals surface area contributed by atoms with Crippen LogP contribution in [-0.2, 0) is 11.2 Å². The van der Waals surface area contributed by atoms with E-state index in [0.29, 0.717) is 66.9 Å². The van der Waals surface area contributed by atoms with E-state index < -0.39 is 6.04 Å². The number of aromatic amines is 1. The number of carbonyl (C=O) groups is 2. The van der Waals surface area contributed by atoms with Gasteiger partial charge in [-0.3, -0.25) is 14.7 Å². The second-order valence-corrected chi connectivity index (χ2v) is 10.2. The molecular weight excluding hydrogens is 536 g/mol. The van der Waals surface area contributed by atoms with E-state index in [1.54, 1.807) is 20.3 Å². The van der Waals surface area contributed by atoms with E-state index in [1.165, 1.54) is 0 Å². The van der Waals surface area contributed by atoms with Crippen LogP contribution >= 0.6 is 0 Å². The molecule has 0 fully saturated rings. The summed E-state index contributed by atoms with van der Waals surface area (Å²) in [4.78, 5) is 28.3. The number of ether oxygens (including phenoxy) is 4. The van der Waals surface area contributed by atoms with E-state index in [-0.39, 0.29) is 18.4 Å². The maximum atomic E-state index is 14.1. The van der Waals surface area contributed by atoms with Gasteiger partial charge in [0, 0.05) is 18.7 Å². The number of hydrogen-bond donors (Lipinski definition) is 2. The minimum Gasteiger partial charge on any atom is -0.497 e. The molecule has 3 aliphatic rings. The molecule has 0 saturated heterocycles. The van der Waals surface area contributed by atoms with E-state index in [2.05, 4.69) is 15.5 Å². The maximum Gasteiger partial charge on any atom is 0.272 e. The Kier molecular flexibility index (Phi) is 7.68. The lowest BCUT2D eigenvalue weighted by Gasteiger charge is -2.38. The summed E-state index contributed by atoms with van der Waals surface area (Å²) in [6.45, 7) is 1.24. The number of fused-ring (bicyclic) bond motifs is 8. The third-order valence-corrected chi connectivity index (χ3v) is 7.53. The van der Waals surface area contributed by atoms with E-state index in [1.807, 2.05) is 65.6 Å². The molecule has 42 heavy (non-hydrogen) atoms. The fourth-order valence-corrected chi connectivity index (χ4v) is 5.45. The summed E-state index contributed by atoms with van der Waals surface area (Å²) in [5, 5.41) is 10.2. The van der Waals surface area contributed by atoms with E-state index in [9.17, 15) is 9.59 Å². The highest BCUT2D eigenvalue weighted by molar-refractivity contribution is 5.94. The van der Waals surface area contributed by atoms with Crippen LogP contribution in [0.4, 0.5) is 0 Å². The normalized spacial score (nSPS) is 16.7. The molecule has 6 bridgehead atoms. The quantitative estimate of drug-likeness (QED) is 0.380. The van der Waals surface area contributed by atoms with Gasteiger partial charge in [0.2, 0.25) is 0 Å². The van der Waals surface area contributed by atoms with Gasteiger partial charge in [-0.15, -0.1) is 0 Å². The second-order valence-electron chi connectivity index (χ2n) is 10.2. The van der Waals surface area contributed by atoms with Crippen molar-refractivity contribution in [1.82, 2.24) is 20.4 Å². The van der Waals surface area contributed by atoms with Crippen molar-refractivity contribution in [3.8, 4) is 34.3 Å². The molecule has 0 radical (unpaired) electrons. The number of carbonyl (C=O) groups excluding carboxylic acids is 2. The van der Waals surface area contributed by atoms with Crippen molar-refractivity contribution < 1.29 is 28.5 Å². The Balaban J connectivity index is 1.41. The molecule has 0 spiro atoms. The monoisotopic (exact) mass is 568 g/mol. The topological polar surface area (TPSA) is 115 Å². The zero-order chi connectivity index (χ0) is 29.1. The number of hydrogen-bond acceptors (Lipinski definition) is 7. The number of aromatic nitrogens is 2. The fourth-order valence-electron chi connectivity index (χ4n) is 5.45. The largest absolute Gasteiger partial charge is 0.497 e. The van der Waals surface area contributed by atoms with Gasteiger partial charge in [0.05, 0.1) is 32.6 Å². The molecule has 0 aliphatic carbocycles. The molecule has 1 aromatic heterocycles. The van der Waals surface area contributed by atoms with Crippen LogP contribution in [0, 0.1) is 0 Å². The highest BCUT2D eigenvalue weighted by atomic mass is 16.5. The minimum atomic E-state index is -0.424. The summed E-state index contributed by atoms with van der Waals surface area (Å²) in [5.74, 6) is 1.99. The molecular formula is C32H32N4O6. The van der Waals surface area contributed by atoms with Crippen LogP contribution in [0.2, 0.25) is 0 Å². The van der Waals surface area contributed by atoms with Crippen LogP contribution in [-0.4, -0.2) is 67.4 Å². The van der Waals surface area contributed by atoms with E-state index >= 15 is 0 Å². The Morgan fingerprint density at radius 1 is 1.02 bits per heavy atom. The average molecular weight is 569 g/mol. The second kappa shape index (κ2) is 11.9. The predicted octanol–water partition coefficient (Wildman–Crippen LogP) is 4.16. The number of rotatable bonds is 4. The molecule has 3 aromatic carbocycles. The van der Waals surface area contributed by atoms with Crippen molar-refractivity contribution in [1.29, 1.82) is 0 Å². The molecule has 4 heterocycles. The summed E-state index contributed by atoms with van der Waals surface area (Å²) in [6, 6.07) is 20.5. The van der Waals surface area contributed by atoms with Gasteiger partial charge < -0.3 is 29.2 Å². The minimum absolute atomic E-state index is 0.126. The Morgan fingerprint density at radius 3 is 2.76 bits per heavy atom. The molecule has 7 rings (SSSR count). The zero-order valence-electron chi connectivity index (χ0n) is 23.5. The summed E-state index contributed by atoms with van der Waals surface area (Å²) in [6.07, 6.45) is 1.23. The highest BCUT2D eigenvalue weighted by Gasteiger charge is 2.35. The number of benzene rings is 3. The first-order valence-electron chi connectivity index (χ1n) is 13.9. The summed E-state index contributed by atoms with van der Waals surface area (Å²) < 4.78 is 22.9. The smallest absolute Gasteiger partial charge is 0.272 e. The van der Waals surface area contributed by atoms with Crippen LogP contribution in [0.3, 0.4) is 0 Å². The van der Waals surface area contributed by atoms with Crippen LogP contribution in [0.5, 0.6) is 23.0 Å². The predicted molar refractivity (Wildman–Crippen MR) is 155 cm³/mol. The van der Waals surface area contributed by atoms with Gasteiger partial charge in [0.25, 0.3) is 11.8 Å². The number of nitrogens with one attached hydrogen (secondary N) is 2. The van der Waals surface area contributed by atoms with E-state index in [0.717, 1.165) is 22.3 Å². The van der Waals surface area contributed by atoms with Crippen LogP contribution in [0.15, 0.2) is 66.7 Å². The number of methoxy groups -OCH3 is 2. The lowest BCUT2D eigenvalue weighted by atomic mass is 9.87. The van der Waals surface area contributed by atoms with Crippen molar-refractivity contribution in [2.75, 3.05) is 40.5 Å². The number of amides is 2. The lowest BCUT2D eigenvalue weighted by Crippen LogP contribution is -2.41. The summed E-state index contributed by atoms with van der Waals surface area (Å²) in [5.41, 5.74) is 4.71. The molecule has 2 amide bonds. The summed E-state index contributed by atoms with van der Waals surface area (Å²) in [7, 11) is 3.18. The van der Waals surface area contributed by atoms with Gasteiger partial charge in [-0.05, 0) is 72.0 Å². The molecule has 216 valence electrons. The van der Waals surface area contributed by atoms with Crippen LogP contribution < -0.4 is 24.3 Å². The SMILES string of the molecule is COc1cccc(-c2cc(C(=O)N3CCc4cc5c(OC)cc4C3c3cccc(c3)OCCCNC(=O)CO5)[nH]n2)c1. The van der Waals surface area contributed by atoms with Crippen LogP contribution in [0.25, 0.3) is 11.3 Å². The van der Waals surface area contributed by atoms with Crippen molar-refractivity contribution in [2.45, 2.75) is 18.9 Å². The van der Waals surface area contributed by atoms with Gasteiger partial charge in [0.1, 0.15) is 17.2 Å². The number of H-pyrrole nitrogens is 1. The molecule has 1 atom stereocenters. The average Bonchev–Trinajstić information content (AvgIpc) is 3.52. The van der Waals surface area contributed by atoms with Crippen molar-refractivity contribution in [2.24, 2.45) is 0 Å².